The topological polar surface area (TPSA) is 43.8 Å². The minimum absolute atomic E-state index is 0. The molecule has 0 spiro atoms. The lowest BCUT2D eigenvalue weighted by molar-refractivity contribution is 0.719. The van der Waals surface area contributed by atoms with Crippen LogP contribution >= 0.6 is 24.2 Å². The van der Waals surface area contributed by atoms with Crippen LogP contribution in [-0.4, -0.2) is 21.3 Å². The molecule has 0 bridgehead atoms. The molecule has 1 atom stereocenters. The van der Waals surface area contributed by atoms with Crippen molar-refractivity contribution in [1.82, 2.24) is 9.55 Å². The van der Waals surface area contributed by atoms with Gasteiger partial charge in [0.25, 0.3) is 0 Å². The summed E-state index contributed by atoms with van der Waals surface area (Å²) in [6.45, 7) is 2.10. The predicted molar refractivity (Wildman–Crippen MR) is 59.4 cm³/mol. The number of rotatable bonds is 4. The number of hydrogen-bond acceptors (Lipinski definition) is 3. The summed E-state index contributed by atoms with van der Waals surface area (Å²) in [7, 11) is 1.99. The van der Waals surface area contributed by atoms with E-state index in [1.54, 1.807) is 18.0 Å². The second kappa shape index (κ2) is 6.29. The van der Waals surface area contributed by atoms with Gasteiger partial charge in [0.15, 0.2) is 5.16 Å². The molecule has 0 aliphatic rings. The van der Waals surface area contributed by atoms with Crippen LogP contribution in [0.3, 0.4) is 0 Å². The number of nitrogens with two attached hydrogens (primary N) is 1. The second-order valence-corrected chi connectivity index (χ2v) is 3.79. The maximum Gasteiger partial charge on any atom is 0.167 e. The zero-order valence-corrected chi connectivity index (χ0v) is 9.57. The van der Waals surface area contributed by atoms with E-state index in [0.717, 1.165) is 17.3 Å². The lowest BCUT2D eigenvalue weighted by Crippen LogP contribution is -2.21. The van der Waals surface area contributed by atoms with Crippen molar-refractivity contribution in [2.45, 2.75) is 24.5 Å². The first-order valence-electron chi connectivity index (χ1n) is 4.09. The van der Waals surface area contributed by atoms with Crippen LogP contribution in [0.5, 0.6) is 0 Å². The minimum Gasteiger partial charge on any atom is -0.329 e. The molecule has 1 rings (SSSR count). The van der Waals surface area contributed by atoms with E-state index >= 15 is 0 Å². The number of thioether (sulfide) groups is 1. The smallest absolute Gasteiger partial charge is 0.167 e. The Bertz CT molecular complexity index is 239. The summed E-state index contributed by atoms with van der Waals surface area (Å²) < 4.78 is 2.01. The first-order valence-corrected chi connectivity index (χ1v) is 5.08. The van der Waals surface area contributed by atoms with Gasteiger partial charge in [-0.3, -0.25) is 0 Å². The van der Waals surface area contributed by atoms with Crippen LogP contribution in [0.4, 0.5) is 0 Å². The number of aromatic nitrogens is 2. The highest BCUT2D eigenvalue weighted by Crippen LogP contribution is 2.15. The van der Waals surface area contributed by atoms with Gasteiger partial charge in [0.1, 0.15) is 0 Å². The van der Waals surface area contributed by atoms with Crippen LogP contribution in [0.2, 0.25) is 0 Å². The van der Waals surface area contributed by atoms with Crippen LogP contribution in [0.25, 0.3) is 0 Å². The van der Waals surface area contributed by atoms with Gasteiger partial charge < -0.3 is 10.3 Å². The first-order chi connectivity index (χ1) is 5.74. The summed E-state index contributed by atoms with van der Waals surface area (Å²) in [4.78, 5) is 4.19. The first kappa shape index (κ1) is 12.8. The molecule has 13 heavy (non-hydrogen) atoms. The van der Waals surface area contributed by atoms with Crippen LogP contribution in [0.15, 0.2) is 17.6 Å². The van der Waals surface area contributed by atoms with Gasteiger partial charge in [-0.1, -0.05) is 18.7 Å². The molecular weight excluding hydrogens is 206 g/mol. The molecule has 1 unspecified atom stereocenters. The highest BCUT2D eigenvalue weighted by Gasteiger charge is 2.03. The Labute approximate surface area is 89.5 Å². The minimum atomic E-state index is 0. The number of halogens is 1. The van der Waals surface area contributed by atoms with E-state index in [0.29, 0.717) is 0 Å². The van der Waals surface area contributed by atoms with Crippen LogP contribution < -0.4 is 5.73 Å². The second-order valence-electron chi connectivity index (χ2n) is 2.80. The van der Waals surface area contributed by atoms with Crippen LogP contribution in [0, 0.1) is 0 Å². The number of imidazole rings is 1. The summed E-state index contributed by atoms with van der Waals surface area (Å²) in [6, 6.07) is 0.284. The van der Waals surface area contributed by atoms with Gasteiger partial charge in [0.2, 0.25) is 0 Å². The predicted octanol–water partition coefficient (Wildman–Crippen LogP) is 1.67. The van der Waals surface area contributed by atoms with Crippen molar-refractivity contribution in [3.05, 3.63) is 12.4 Å². The van der Waals surface area contributed by atoms with Gasteiger partial charge in [-0.25, -0.2) is 4.98 Å². The summed E-state index contributed by atoms with van der Waals surface area (Å²) in [5, 5.41) is 1.04. The SMILES string of the molecule is CCC(N)CSc1nccn1C.Cl. The van der Waals surface area contributed by atoms with Crippen LogP contribution in [0.1, 0.15) is 13.3 Å². The third-order valence-corrected chi connectivity index (χ3v) is 2.97. The fraction of sp³-hybridized carbons (Fsp3) is 0.625. The standard InChI is InChI=1S/C8H15N3S.ClH/c1-3-7(9)6-12-8-10-4-5-11(8)2;/h4-5,7H,3,6,9H2,1-2H3;1H. The molecule has 3 nitrogen and oxygen atoms in total. The molecule has 0 saturated heterocycles. The molecule has 0 aromatic carbocycles. The lowest BCUT2D eigenvalue weighted by Gasteiger charge is -2.06. The van der Waals surface area contributed by atoms with E-state index in [9.17, 15) is 0 Å². The fourth-order valence-corrected chi connectivity index (χ4v) is 1.79. The molecule has 0 fully saturated rings. The molecule has 0 aliphatic carbocycles. The summed E-state index contributed by atoms with van der Waals surface area (Å²) >= 11 is 1.71. The Kier molecular flexibility index (Phi) is 6.20. The number of nitrogens with zero attached hydrogens (tertiary/aromatic N) is 2. The van der Waals surface area contributed by atoms with Gasteiger partial charge >= 0.3 is 0 Å². The van der Waals surface area contributed by atoms with Gasteiger partial charge in [-0.2, -0.15) is 0 Å². The molecule has 1 heterocycles. The molecule has 76 valence electrons. The Balaban J connectivity index is 0.00000144. The van der Waals surface area contributed by atoms with Gasteiger partial charge in [0.05, 0.1) is 0 Å². The van der Waals surface area contributed by atoms with Crippen molar-refractivity contribution < 1.29 is 0 Å². The zero-order chi connectivity index (χ0) is 8.97. The monoisotopic (exact) mass is 221 g/mol. The van der Waals surface area contributed by atoms with Gasteiger partial charge in [0, 0.05) is 31.2 Å². The molecule has 0 aliphatic heterocycles. The van der Waals surface area contributed by atoms with Gasteiger partial charge in [-0.15, -0.1) is 12.4 Å². The Morgan fingerprint density at radius 1 is 1.69 bits per heavy atom. The van der Waals surface area contributed by atoms with E-state index in [4.69, 9.17) is 5.73 Å². The summed E-state index contributed by atoms with van der Waals surface area (Å²) in [5.74, 6) is 0.946. The lowest BCUT2D eigenvalue weighted by atomic mass is 10.3. The Morgan fingerprint density at radius 2 is 2.38 bits per heavy atom. The number of aryl methyl sites for hydroxylation is 1. The van der Waals surface area contributed by atoms with Crippen molar-refractivity contribution in [2.24, 2.45) is 12.8 Å². The molecule has 2 N–H and O–H groups in total. The van der Waals surface area contributed by atoms with Crippen molar-refractivity contribution in [3.8, 4) is 0 Å². The van der Waals surface area contributed by atoms with Gasteiger partial charge in [-0.05, 0) is 6.42 Å². The van der Waals surface area contributed by atoms with Crippen LogP contribution in [-0.2, 0) is 7.05 Å². The molecule has 0 radical (unpaired) electrons. The van der Waals surface area contributed by atoms with Crippen molar-refractivity contribution in [3.63, 3.8) is 0 Å². The maximum atomic E-state index is 5.78. The zero-order valence-electron chi connectivity index (χ0n) is 7.93. The van der Waals surface area contributed by atoms with E-state index in [1.807, 2.05) is 17.8 Å². The van der Waals surface area contributed by atoms with Crippen molar-refractivity contribution in [1.29, 1.82) is 0 Å². The van der Waals surface area contributed by atoms with Crippen molar-refractivity contribution >= 4 is 24.2 Å². The summed E-state index contributed by atoms with van der Waals surface area (Å²) in [5.41, 5.74) is 5.78. The average molecular weight is 222 g/mol. The van der Waals surface area contributed by atoms with Crippen molar-refractivity contribution in [2.75, 3.05) is 5.75 Å². The molecule has 1 aromatic heterocycles. The maximum absolute atomic E-state index is 5.78. The molecular formula is C8H16ClN3S. The highest BCUT2D eigenvalue weighted by atomic mass is 35.5. The normalized spacial score (nSPS) is 12.2. The Hall–Kier alpha value is -0.190. The third-order valence-electron chi connectivity index (χ3n) is 1.73. The molecule has 5 heteroatoms. The number of hydrogen-bond donors (Lipinski definition) is 1. The third kappa shape index (κ3) is 4.02. The van der Waals surface area contributed by atoms with E-state index in [-0.39, 0.29) is 18.4 Å². The average Bonchev–Trinajstić information content (AvgIpc) is 2.47. The molecule has 0 amide bonds. The largest absolute Gasteiger partial charge is 0.329 e. The van der Waals surface area contributed by atoms with E-state index in [1.165, 1.54) is 0 Å². The summed E-state index contributed by atoms with van der Waals surface area (Å²) in [6.07, 6.45) is 4.77. The quantitative estimate of drug-likeness (QED) is 0.787. The Morgan fingerprint density at radius 3 is 2.85 bits per heavy atom. The molecule has 0 saturated carbocycles. The highest BCUT2D eigenvalue weighted by molar-refractivity contribution is 7.99. The molecule has 1 aromatic rings. The fourth-order valence-electron chi connectivity index (χ4n) is 0.790. The van der Waals surface area contributed by atoms with E-state index < -0.39 is 0 Å². The van der Waals surface area contributed by atoms with E-state index in [2.05, 4.69) is 11.9 Å².